The molecular weight excluding hydrogens is 254 g/mol. The highest BCUT2D eigenvalue weighted by Crippen LogP contribution is 2.30. The van der Waals surface area contributed by atoms with Crippen molar-refractivity contribution in [1.29, 1.82) is 0 Å². The topological polar surface area (TPSA) is 37.8 Å². The molecule has 0 fully saturated rings. The van der Waals surface area contributed by atoms with Crippen molar-refractivity contribution in [2.45, 2.75) is 39.2 Å². The summed E-state index contributed by atoms with van der Waals surface area (Å²) in [5.74, 6) is 0.402. The van der Waals surface area contributed by atoms with Crippen LogP contribution in [0.5, 0.6) is 0 Å². The molecule has 19 heavy (non-hydrogen) atoms. The van der Waals surface area contributed by atoms with Gasteiger partial charge in [0.25, 0.3) is 0 Å². The maximum Gasteiger partial charge on any atom is 0.0832 e. The highest BCUT2D eigenvalue weighted by Gasteiger charge is 2.21. The van der Waals surface area contributed by atoms with Gasteiger partial charge >= 0.3 is 0 Å². The van der Waals surface area contributed by atoms with E-state index in [1.165, 1.54) is 27.5 Å². The SMILES string of the molecule is CCc1cccc(C(NC)c2snnc2C(C)C)c1. The van der Waals surface area contributed by atoms with Gasteiger partial charge in [-0.1, -0.05) is 49.5 Å². The molecule has 1 aromatic carbocycles. The van der Waals surface area contributed by atoms with Crippen LogP contribution in [0, 0.1) is 0 Å². The van der Waals surface area contributed by atoms with Crippen molar-refractivity contribution in [3.63, 3.8) is 0 Å². The van der Waals surface area contributed by atoms with E-state index in [2.05, 4.69) is 59.9 Å². The van der Waals surface area contributed by atoms with E-state index in [9.17, 15) is 0 Å². The van der Waals surface area contributed by atoms with E-state index in [1.54, 1.807) is 0 Å². The zero-order valence-corrected chi connectivity index (χ0v) is 12.8. The molecule has 1 unspecified atom stereocenters. The predicted octanol–water partition coefficient (Wildman–Crippen LogP) is 3.53. The minimum absolute atomic E-state index is 0.184. The Morgan fingerprint density at radius 2 is 2.11 bits per heavy atom. The second-order valence-electron chi connectivity index (χ2n) is 5.00. The quantitative estimate of drug-likeness (QED) is 0.907. The fraction of sp³-hybridized carbons (Fsp3) is 0.467. The normalized spacial score (nSPS) is 12.9. The van der Waals surface area contributed by atoms with Crippen LogP contribution in [0.2, 0.25) is 0 Å². The third kappa shape index (κ3) is 3.01. The van der Waals surface area contributed by atoms with Gasteiger partial charge in [0, 0.05) is 0 Å². The van der Waals surface area contributed by atoms with Crippen molar-refractivity contribution in [3.05, 3.63) is 46.0 Å². The van der Waals surface area contributed by atoms with E-state index in [-0.39, 0.29) is 6.04 Å². The molecule has 2 rings (SSSR count). The first-order valence-electron chi connectivity index (χ1n) is 6.75. The van der Waals surface area contributed by atoms with E-state index in [4.69, 9.17) is 0 Å². The lowest BCUT2D eigenvalue weighted by molar-refractivity contribution is 0.678. The summed E-state index contributed by atoms with van der Waals surface area (Å²) in [4.78, 5) is 1.23. The lowest BCUT2D eigenvalue weighted by atomic mass is 9.98. The number of benzene rings is 1. The van der Waals surface area contributed by atoms with Gasteiger partial charge in [-0.15, -0.1) is 5.10 Å². The van der Waals surface area contributed by atoms with Crippen molar-refractivity contribution >= 4 is 11.5 Å². The smallest absolute Gasteiger partial charge is 0.0832 e. The summed E-state index contributed by atoms with van der Waals surface area (Å²) in [6.07, 6.45) is 1.06. The molecule has 1 aromatic heterocycles. The Kier molecular flexibility index (Phi) is 4.66. The highest BCUT2D eigenvalue weighted by atomic mass is 32.1. The number of aromatic nitrogens is 2. The summed E-state index contributed by atoms with van der Waals surface area (Å²) in [5, 5.41) is 7.68. The maximum absolute atomic E-state index is 4.28. The molecule has 0 bridgehead atoms. The van der Waals surface area contributed by atoms with Gasteiger partial charge in [0.2, 0.25) is 0 Å². The molecule has 1 N–H and O–H groups in total. The Morgan fingerprint density at radius 1 is 1.32 bits per heavy atom. The molecule has 0 spiro atoms. The summed E-state index contributed by atoms with van der Waals surface area (Å²) >= 11 is 1.50. The van der Waals surface area contributed by atoms with Crippen LogP contribution in [0.25, 0.3) is 0 Å². The fourth-order valence-corrected chi connectivity index (χ4v) is 3.19. The van der Waals surface area contributed by atoms with Crippen LogP contribution in [0.4, 0.5) is 0 Å². The number of hydrogen-bond acceptors (Lipinski definition) is 4. The average molecular weight is 275 g/mol. The molecule has 102 valence electrons. The first kappa shape index (κ1) is 14.2. The van der Waals surface area contributed by atoms with E-state index < -0.39 is 0 Å². The number of nitrogens with one attached hydrogen (secondary N) is 1. The molecule has 1 atom stereocenters. The molecule has 0 aliphatic heterocycles. The Balaban J connectivity index is 2.41. The fourth-order valence-electron chi connectivity index (χ4n) is 2.25. The third-order valence-electron chi connectivity index (χ3n) is 3.33. The van der Waals surface area contributed by atoms with Gasteiger partial charge in [-0.2, -0.15) is 0 Å². The average Bonchev–Trinajstić information content (AvgIpc) is 2.89. The van der Waals surface area contributed by atoms with E-state index in [0.29, 0.717) is 5.92 Å². The van der Waals surface area contributed by atoms with Crippen molar-refractivity contribution in [1.82, 2.24) is 14.9 Å². The lowest BCUT2D eigenvalue weighted by Gasteiger charge is -2.17. The zero-order valence-electron chi connectivity index (χ0n) is 12.0. The van der Waals surface area contributed by atoms with E-state index >= 15 is 0 Å². The second-order valence-corrected chi connectivity index (χ2v) is 5.78. The summed E-state index contributed by atoms with van der Waals surface area (Å²) in [6.45, 7) is 6.51. The molecule has 4 heteroatoms. The Bertz CT molecular complexity index is 534. The zero-order chi connectivity index (χ0) is 13.8. The lowest BCUT2D eigenvalue weighted by Crippen LogP contribution is -2.18. The first-order chi connectivity index (χ1) is 9.17. The van der Waals surface area contributed by atoms with Crippen LogP contribution >= 0.6 is 11.5 Å². The molecule has 0 aliphatic carbocycles. The van der Waals surface area contributed by atoms with Crippen molar-refractivity contribution in [2.24, 2.45) is 0 Å². The Morgan fingerprint density at radius 3 is 2.74 bits per heavy atom. The third-order valence-corrected chi connectivity index (χ3v) is 4.14. The number of hydrogen-bond donors (Lipinski definition) is 1. The van der Waals surface area contributed by atoms with Gasteiger partial charge in [-0.25, -0.2) is 0 Å². The molecule has 0 radical (unpaired) electrons. The van der Waals surface area contributed by atoms with Gasteiger partial charge in [0.05, 0.1) is 16.6 Å². The van der Waals surface area contributed by atoms with Crippen molar-refractivity contribution in [2.75, 3.05) is 7.05 Å². The monoisotopic (exact) mass is 275 g/mol. The molecule has 3 nitrogen and oxygen atoms in total. The van der Waals surface area contributed by atoms with Crippen LogP contribution < -0.4 is 5.32 Å². The van der Waals surface area contributed by atoms with E-state index in [0.717, 1.165) is 12.1 Å². The van der Waals surface area contributed by atoms with Crippen LogP contribution in [0.3, 0.4) is 0 Å². The Hall–Kier alpha value is -1.26. The number of rotatable bonds is 5. The summed E-state index contributed by atoms with van der Waals surface area (Å²) in [5.41, 5.74) is 3.75. The van der Waals surface area contributed by atoms with Crippen molar-refractivity contribution < 1.29 is 0 Å². The van der Waals surface area contributed by atoms with Crippen LogP contribution in [0.15, 0.2) is 24.3 Å². The van der Waals surface area contributed by atoms with Gasteiger partial charge in [-0.05, 0) is 42.0 Å². The summed E-state index contributed by atoms with van der Waals surface area (Å²) < 4.78 is 4.13. The molecule has 0 saturated heterocycles. The summed E-state index contributed by atoms with van der Waals surface area (Å²) in [7, 11) is 1.99. The van der Waals surface area contributed by atoms with Crippen LogP contribution in [-0.2, 0) is 6.42 Å². The second kappa shape index (κ2) is 6.26. The van der Waals surface area contributed by atoms with Gasteiger partial charge in [-0.3, -0.25) is 0 Å². The largest absolute Gasteiger partial charge is 0.309 e. The minimum atomic E-state index is 0.184. The summed E-state index contributed by atoms with van der Waals surface area (Å²) in [6, 6.07) is 8.92. The minimum Gasteiger partial charge on any atom is -0.309 e. The Labute approximate surface area is 119 Å². The molecule has 1 heterocycles. The molecule has 0 saturated carbocycles. The molecule has 2 aromatic rings. The van der Waals surface area contributed by atoms with Crippen molar-refractivity contribution in [3.8, 4) is 0 Å². The number of nitrogens with zero attached hydrogens (tertiary/aromatic N) is 2. The van der Waals surface area contributed by atoms with Gasteiger partial charge in [0.1, 0.15) is 0 Å². The number of aryl methyl sites for hydroxylation is 1. The van der Waals surface area contributed by atoms with Gasteiger partial charge in [0.15, 0.2) is 0 Å². The van der Waals surface area contributed by atoms with Crippen LogP contribution in [-0.4, -0.2) is 16.6 Å². The molecule has 0 aliphatic rings. The highest BCUT2D eigenvalue weighted by molar-refractivity contribution is 7.05. The molecular formula is C15H21N3S. The van der Waals surface area contributed by atoms with Gasteiger partial charge < -0.3 is 5.32 Å². The van der Waals surface area contributed by atoms with Crippen LogP contribution in [0.1, 0.15) is 54.4 Å². The van der Waals surface area contributed by atoms with E-state index in [1.807, 2.05) is 7.05 Å². The molecule has 0 amide bonds. The predicted molar refractivity (Wildman–Crippen MR) is 80.7 cm³/mol. The standard InChI is InChI=1S/C15H21N3S/c1-5-11-7-6-8-12(9-11)14(16-4)15-13(10(2)3)17-18-19-15/h6-10,14,16H,5H2,1-4H3. The first-order valence-corrected chi connectivity index (χ1v) is 7.53. The maximum atomic E-state index is 4.28.